The van der Waals surface area contributed by atoms with Crippen LogP contribution in [-0.4, -0.2) is 40.1 Å². The third-order valence-corrected chi connectivity index (χ3v) is 4.73. The minimum atomic E-state index is -1.12. The molecular formula is C18H21NO6S. The van der Waals surface area contributed by atoms with E-state index in [-0.39, 0.29) is 29.7 Å². The first-order valence-electron chi connectivity index (χ1n) is 8.01. The van der Waals surface area contributed by atoms with Crippen LogP contribution in [0.2, 0.25) is 0 Å². The Balaban J connectivity index is 2.31. The average molecular weight is 379 g/mol. The fourth-order valence-corrected chi connectivity index (χ4v) is 3.23. The van der Waals surface area contributed by atoms with Crippen LogP contribution in [0.1, 0.15) is 23.1 Å². The number of carboxylic acids is 1. The lowest BCUT2D eigenvalue weighted by atomic mass is 10.0. The molecule has 3 N–H and O–H groups in total. The van der Waals surface area contributed by atoms with Gasteiger partial charge in [-0.05, 0) is 55.5 Å². The minimum Gasteiger partial charge on any atom is -0.507 e. The van der Waals surface area contributed by atoms with E-state index in [4.69, 9.17) is 4.42 Å². The van der Waals surface area contributed by atoms with Crippen LogP contribution in [-0.2, 0) is 16.0 Å². The Labute approximate surface area is 154 Å². The summed E-state index contributed by atoms with van der Waals surface area (Å²) in [5, 5.41) is 22.1. The second-order valence-corrected chi connectivity index (χ2v) is 7.05. The lowest BCUT2D eigenvalue weighted by molar-refractivity contribution is -0.141. The SMILES string of the molecule is CSCC[C@H](NC(=O)Cc1c(C)c2c(O)cc(C)cc2oc1=O)C(=O)O. The molecule has 0 aliphatic heterocycles. The monoisotopic (exact) mass is 379 g/mol. The largest absolute Gasteiger partial charge is 0.507 e. The Morgan fingerprint density at radius 1 is 1.31 bits per heavy atom. The molecule has 0 spiro atoms. The molecule has 8 heteroatoms. The molecule has 0 saturated heterocycles. The molecular weight excluding hydrogens is 358 g/mol. The zero-order valence-corrected chi connectivity index (χ0v) is 15.6. The summed E-state index contributed by atoms with van der Waals surface area (Å²) in [5.74, 6) is -1.16. The van der Waals surface area contributed by atoms with E-state index in [1.807, 2.05) is 6.26 Å². The first-order valence-corrected chi connectivity index (χ1v) is 9.41. The minimum absolute atomic E-state index is 0.0358. The van der Waals surface area contributed by atoms with E-state index in [1.165, 1.54) is 11.8 Å². The Morgan fingerprint density at radius 2 is 2.00 bits per heavy atom. The molecule has 0 bridgehead atoms. The molecule has 0 radical (unpaired) electrons. The second kappa shape index (κ2) is 8.27. The fourth-order valence-electron chi connectivity index (χ4n) is 2.76. The van der Waals surface area contributed by atoms with Crippen molar-refractivity contribution in [3.8, 4) is 5.75 Å². The van der Waals surface area contributed by atoms with Crippen LogP contribution in [0.4, 0.5) is 0 Å². The molecule has 1 aromatic heterocycles. The van der Waals surface area contributed by atoms with Crippen molar-refractivity contribution in [1.82, 2.24) is 5.32 Å². The zero-order chi connectivity index (χ0) is 19.4. The van der Waals surface area contributed by atoms with Crippen molar-refractivity contribution in [2.75, 3.05) is 12.0 Å². The van der Waals surface area contributed by atoms with Gasteiger partial charge in [-0.2, -0.15) is 11.8 Å². The number of carboxylic acid groups (broad SMARTS) is 1. The van der Waals surface area contributed by atoms with E-state index in [9.17, 15) is 24.6 Å². The molecule has 1 heterocycles. The molecule has 0 unspecified atom stereocenters. The van der Waals surface area contributed by atoms with Gasteiger partial charge in [0.1, 0.15) is 17.4 Å². The average Bonchev–Trinajstić information content (AvgIpc) is 2.54. The number of aromatic hydroxyl groups is 1. The number of benzene rings is 1. The van der Waals surface area contributed by atoms with Gasteiger partial charge in [0.25, 0.3) is 0 Å². The van der Waals surface area contributed by atoms with Crippen molar-refractivity contribution in [3.05, 3.63) is 39.2 Å². The highest BCUT2D eigenvalue weighted by Crippen LogP contribution is 2.29. The zero-order valence-electron chi connectivity index (χ0n) is 14.8. The summed E-state index contributed by atoms with van der Waals surface area (Å²) in [6, 6.07) is 2.16. The lowest BCUT2D eigenvalue weighted by Gasteiger charge is -2.15. The van der Waals surface area contributed by atoms with Crippen molar-refractivity contribution in [1.29, 1.82) is 0 Å². The third kappa shape index (κ3) is 4.37. The van der Waals surface area contributed by atoms with E-state index < -0.39 is 23.5 Å². The summed E-state index contributed by atoms with van der Waals surface area (Å²) >= 11 is 1.48. The van der Waals surface area contributed by atoms with Crippen molar-refractivity contribution in [3.63, 3.8) is 0 Å². The molecule has 2 rings (SSSR count). The molecule has 1 amide bonds. The van der Waals surface area contributed by atoms with Gasteiger partial charge in [-0.3, -0.25) is 4.79 Å². The maximum Gasteiger partial charge on any atom is 0.340 e. The van der Waals surface area contributed by atoms with Gasteiger partial charge in [-0.15, -0.1) is 0 Å². The molecule has 1 atom stereocenters. The Hall–Kier alpha value is -2.48. The van der Waals surface area contributed by atoms with E-state index >= 15 is 0 Å². The van der Waals surface area contributed by atoms with Crippen LogP contribution < -0.4 is 10.9 Å². The van der Waals surface area contributed by atoms with Crippen LogP contribution in [0.15, 0.2) is 21.3 Å². The number of thioether (sulfide) groups is 1. The number of rotatable bonds is 7. The number of carbonyl (C=O) groups is 2. The standard InChI is InChI=1S/C18H21NO6S/c1-9-6-13(20)16-10(2)11(18(24)25-14(16)7-9)8-15(21)19-12(17(22)23)4-5-26-3/h6-7,12,20H,4-5,8H2,1-3H3,(H,19,21)(H,22,23)/t12-/m0/s1. The van der Waals surface area contributed by atoms with E-state index in [0.717, 1.165) is 5.56 Å². The number of hydrogen-bond donors (Lipinski definition) is 3. The van der Waals surface area contributed by atoms with Crippen molar-refractivity contribution >= 4 is 34.6 Å². The summed E-state index contributed by atoms with van der Waals surface area (Å²) in [5.41, 5.74) is 0.855. The predicted octanol–water partition coefficient (Wildman–Crippen LogP) is 1.98. The lowest BCUT2D eigenvalue weighted by Crippen LogP contribution is -2.42. The molecule has 1 aromatic carbocycles. The summed E-state index contributed by atoms with van der Waals surface area (Å²) < 4.78 is 5.24. The van der Waals surface area contributed by atoms with Crippen molar-refractivity contribution in [2.45, 2.75) is 32.7 Å². The van der Waals surface area contributed by atoms with Crippen LogP contribution in [0.5, 0.6) is 5.75 Å². The number of aryl methyl sites for hydroxylation is 2. The second-order valence-electron chi connectivity index (χ2n) is 6.07. The number of nitrogens with one attached hydrogen (secondary N) is 1. The molecule has 140 valence electrons. The van der Waals surface area contributed by atoms with Gasteiger partial charge in [0.2, 0.25) is 5.91 Å². The molecule has 2 aromatic rings. The molecule has 0 aliphatic rings. The highest BCUT2D eigenvalue weighted by molar-refractivity contribution is 7.98. The number of fused-ring (bicyclic) bond motifs is 1. The first-order chi connectivity index (χ1) is 12.2. The maximum atomic E-state index is 12.3. The quantitative estimate of drug-likeness (QED) is 0.630. The highest BCUT2D eigenvalue weighted by Gasteiger charge is 2.22. The van der Waals surface area contributed by atoms with Gasteiger partial charge < -0.3 is 19.9 Å². The first kappa shape index (κ1) is 19.8. The molecule has 0 saturated carbocycles. The number of phenolic OH excluding ortho intramolecular Hbond substituents is 1. The molecule has 0 aliphatic carbocycles. The number of amides is 1. The van der Waals surface area contributed by atoms with Gasteiger partial charge in [-0.25, -0.2) is 9.59 Å². The highest BCUT2D eigenvalue weighted by atomic mass is 32.2. The van der Waals surface area contributed by atoms with Crippen LogP contribution >= 0.6 is 11.8 Å². The van der Waals surface area contributed by atoms with Crippen LogP contribution in [0, 0.1) is 13.8 Å². The molecule has 0 fully saturated rings. The van der Waals surface area contributed by atoms with E-state index in [2.05, 4.69) is 5.32 Å². The summed E-state index contributed by atoms with van der Waals surface area (Å²) in [6.07, 6.45) is 1.81. The fraction of sp³-hybridized carbons (Fsp3) is 0.389. The van der Waals surface area contributed by atoms with Crippen LogP contribution in [0.25, 0.3) is 11.0 Å². The smallest absolute Gasteiger partial charge is 0.340 e. The molecule has 26 heavy (non-hydrogen) atoms. The van der Waals surface area contributed by atoms with Crippen molar-refractivity contribution in [2.24, 2.45) is 0 Å². The van der Waals surface area contributed by atoms with Gasteiger partial charge in [-0.1, -0.05) is 0 Å². The van der Waals surface area contributed by atoms with E-state index in [0.29, 0.717) is 16.7 Å². The molecule has 7 nitrogen and oxygen atoms in total. The Bertz CT molecular complexity index is 905. The number of aliphatic carboxylic acids is 1. The van der Waals surface area contributed by atoms with Gasteiger partial charge in [0.15, 0.2) is 0 Å². The van der Waals surface area contributed by atoms with E-state index in [1.54, 1.807) is 26.0 Å². The van der Waals surface area contributed by atoms with Gasteiger partial charge in [0, 0.05) is 0 Å². The van der Waals surface area contributed by atoms with Gasteiger partial charge in [0.05, 0.1) is 17.4 Å². The summed E-state index contributed by atoms with van der Waals surface area (Å²) in [6.45, 7) is 3.38. The number of hydrogen-bond acceptors (Lipinski definition) is 6. The number of phenols is 1. The number of carbonyl (C=O) groups excluding carboxylic acids is 1. The van der Waals surface area contributed by atoms with Gasteiger partial charge >= 0.3 is 11.6 Å². The van der Waals surface area contributed by atoms with Crippen molar-refractivity contribution < 1.29 is 24.2 Å². The van der Waals surface area contributed by atoms with Crippen LogP contribution in [0.3, 0.4) is 0 Å². The topological polar surface area (TPSA) is 117 Å². The Kier molecular flexibility index (Phi) is 6.31. The Morgan fingerprint density at radius 3 is 2.62 bits per heavy atom. The normalized spacial score (nSPS) is 12.1. The summed E-state index contributed by atoms with van der Waals surface area (Å²) in [4.78, 5) is 35.7. The maximum absolute atomic E-state index is 12.3. The third-order valence-electron chi connectivity index (χ3n) is 4.08. The summed E-state index contributed by atoms with van der Waals surface area (Å²) in [7, 11) is 0. The predicted molar refractivity (Wildman–Crippen MR) is 99.9 cm³/mol.